The largest absolute Gasteiger partial charge is 0.374 e. The van der Waals surface area contributed by atoms with Gasteiger partial charge in [0.15, 0.2) is 0 Å². The second-order valence-electron chi connectivity index (χ2n) is 5.98. The SMILES string of the molecule is CC(C)CN1CCOC(CNC(=O)c2cc(F)ccc2Br)C1. The summed E-state index contributed by atoms with van der Waals surface area (Å²) in [6, 6.07) is 4.08. The van der Waals surface area contributed by atoms with Gasteiger partial charge in [-0.15, -0.1) is 0 Å². The van der Waals surface area contributed by atoms with Gasteiger partial charge >= 0.3 is 0 Å². The first-order valence-corrected chi connectivity index (χ1v) is 8.32. The quantitative estimate of drug-likeness (QED) is 0.863. The van der Waals surface area contributed by atoms with Crippen LogP contribution in [-0.2, 0) is 4.74 Å². The number of amides is 1. The van der Waals surface area contributed by atoms with Gasteiger partial charge in [-0.05, 0) is 40.0 Å². The smallest absolute Gasteiger partial charge is 0.252 e. The van der Waals surface area contributed by atoms with Crippen molar-refractivity contribution in [2.75, 3.05) is 32.8 Å². The van der Waals surface area contributed by atoms with Crippen LogP contribution in [0.15, 0.2) is 22.7 Å². The molecule has 122 valence electrons. The predicted octanol–water partition coefficient (Wildman–Crippen LogP) is 2.67. The van der Waals surface area contributed by atoms with Crippen LogP contribution in [0, 0.1) is 11.7 Å². The van der Waals surface area contributed by atoms with Crippen molar-refractivity contribution in [2.45, 2.75) is 20.0 Å². The molecule has 0 saturated carbocycles. The van der Waals surface area contributed by atoms with Gasteiger partial charge in [0.2, 0.25) is 0 Å². The molecule has 1 heterocycles. The molecule has 1 atom stereocenters. The number of benzene rings is 1. The lowest BCUT2D eigenvalue weighted by Crippen LogP contribution is -2.48. The van der Waals surface area contributed by atoms with Crippen LogP contribution in [-0.4, -0.2) is 49.7 Å². The number of carbonyl (C=O) groups is 1. The number of halogens is 2. The minimum atomic E-state index is -0.426. The van der Waals surface area contributed by atoms with E-state index >= 15 is 0 Å². The van der Waals surface area contributed by atoms with Gasteiger partial charge in [-0.25, -0.2) is 4.39 Å². The number of nitrogens with zero attached hydrogens (tertiary/aromatic N) is 1. The highest BCUT2D eigenvalue weighted by molar-refractivity contribution is 9.10. The molecule has 0 radical (unpaired) electrons. The van der Waals surface area contributed by atoms with Gasteiger partial charge in [-0.3, -0.25) is 9.69 Å². The van der Waals surface area contributed by atoms with Gasteiger partial charge in [0.1, 0.15) is 5.82 Å². The van der Waals surface area contributed by atoms with Gasteiger partial charge in [0.25, 0.3) is 5.91 Å². The number of hydrogen-bond donors (Lipinski definition) is 1. The standard InChI is InChI=1S/C16H22BrFN2O2/c1-11(2)9-20-5-6-22-13(10-20)8-19-16(21)14-7-12(18)3-4-15(14)17/h3-4,7,11,13H,5-6,8-10H2,1-2H3,(H,19,21). The Hall–Kier alpha value is -0.980. The van der Waals surface area contributed by atoms with Crippen LogP contribution in [0.3, 0.4) is 0 Å². The van der Waals surface area contributed by atoms with Crippen molar-refractivity contribution >= 4 is 21.8 Å². The summed E-state index contributed by atoms with van der Waals surface area (Å²) < 4.78 is 19.5. The van der Waals surface area contributed by atoms with Crippen LogP contribution in [0.4, 0.5) is 4.39 Å². The van der Waals surface area contributed by atoms with Crippen LogP contribution >= 0.6 is 15.9 Å². The average molecular weight is 373 g/mol. The first-order chi connectivity index (χ1) is 10.5. The van der Waals surface area contributed by atoms with Crippen molar-refractivity contribution in [1.82, 2.24) is 10.2 Å². The van der Waals surface area contributed by atoms with Crippen LogP contribution in [0.1, 0.15) is 24.2 Å². The van der Waals surface area contributed by atoms with Gasteiger partial charge in [-0.1, -0.05) is 13.8 Å². The third-order valence-corrected chi connectivity index (χ3v) is 4.20. The number of ether oxygens (including phenoxy) is 1. The fourth-order valence-corrected chi connectivity index (χ4v) is 2.99. The van der Waals surface area contributed by atoms with Crippen molar-refractivity contribution in [3.05, 3.63) is 34.1 Å². The Morgan fingerprint density at radius 3 is 3.05 bits per heavy atom. The second-order valence-corrected chi connectivity index (χ2v) is 6.83. The minimum Gasteiger partial charge on any atom is -0.374 e. The summed E-state index contributed by atoms with van der Waals surface area (Å²) in [5.41, 5.74) is 0.301. The van der Waals surface area contributed by atoms with Crippen molar-refractivity contribution in [3.63, 3.8) is 0 Å². The summed E-state index contributed by atoms with van der Waals surface area (Å²) in [7, 11) is 0. The number of morpholine rings is 1. The highest BCUT2D eigenvalue weighted by Crippen LogP contribution is 2.17. The zero-order chi connectivity index (χ0) is 16.1. The van der Waals surface area contributed by atoms with E-state index in [1.165, 1.54) is 18.2 Å². The molecule has 4 nitrogen and oxygen atoms in total. The topological polar surface area (TPSA) is 41.6 Å². The highest BCUT2D eigenvalue weighted by atomic mass is 79.9. The number of carbonyl (C=O) groups excluding carboxylic acids is 1. The molecule has 1 fully saturated rings. The van der Waals surface area contributed by atoms with E-state index in [9.17, 15) is 9.18 Å². The van der Waals surface area contributed by atoms with E-state index in [0.29, 0.717) is 29.1 Å². The fraction of sp³-hybridized carbons (Fsp3) is 0.562. The van der Waals surface area contributed by atoms with E-state index in [1.807, 2.05) is 0 Å². The summed E-state index contributed by atoms with van der Waals surface area (Å²) in [6.45, 7) is 8.25. The third kappa shape index (κ3) is 5.04. The van der Waals surface area contributed by atoms with Crippen LogP contribution in [0.25, 0.3) is 0 Å². The molecular weight excluding hydrogens is 351 g/mol. The number of nitrogens with one attached hydrogen (secondary N) is 1. The Morgan fingerprint density at radius 2 is 2.32 bits per heavy atom. The molecule has 1 N–H and O–H groups in total. The van der Waals surface area contributed by atoms with Crippen LogP contribution in [0.2, 0.25) is 0 Å². The lowest BCUT2D eigenvalue weighted by molar-refractivity contribution is -0.0295. The van der Waals surface area contributed by atoms with Gasteiger partial charge < -0.3 is 10.1 Å². The van der Waals surface area contributed by atoms with Crippen molar-refractivity contribution in [1.29, 1.82) is 0 Å². The van der Waals surface area contributed by atoms with Crippen LogP contribution < -0.4 is 5.32 Å². The molecule has 1 aliphatic heterocycles. The van der Waals surface area contributed by atoms with E-state index in [4.69, 9.17) is 4.74 Å². The number of rotatable bonds is 5. The maximum Gasteiger partial charge on any atom is 0.252 e. The second kappa shape index (κ2) is 8.04. The summed E-state index contributed by atoms with van der Waals surface area (Å²) in [5.74, 6) is -0.113. The first kappa shape index (κ1) is 17.4. The lowest BCUT2D eigenvalue weighted by atomic mass is 10.1. The molecule has 0 aliphatic carbocycles. The van der Waals surface area contributed by atoms with E-state index < -0.39 is 5.82 Å². The first-order valence-electron chi connectivity index (χ1n) is 7.53. The van der Waals surface area contributed by atoms with E-state index in [1.54, 1.807) is 0 Å². The molecule has 1 aromatic carbocycles. The highest BCUT2D eigenvalue weighted by Gasteiger charge is 2.22. The Morgan fingerprint density at radius 1 is 1.55 bits per heavy atom. The van der Waals surface area contributed by atoms with E-state index in [-0.39, 0.29) is 12.0 Å². The minimum absolute atomic E-state index is 0.0243. The van der Waals surface area contributed by atoms with Gasteiger partial charge in [-0.2, -0.15) is 0 Å². The molecule has 1 aromatic rings. The predicted molar refractivity (Wildman–Crippen MR) is 87.5 cm³/mol. The summed E-state index contributed by atoms with van der Waals surface area (Å²) in [5, 5.41) is 2.82. The van der Waals surface area contributed by atoms with Gasteiger partial charge in [0.05, 0.1) is 18.3 Å². The molecule has 2 rings (SSSR count). The fourth-order valence-electron chi connectivity index (χ4n) is 2.56. The molecule has 1 unspecified atom stereocenters. The maximum absolute atomic E-state index is 13.2. The Labute approximate surface area is 139 Å². The summed E-state index contributed by atoms with van der Waals surface area (Å²) in [4.78, 5) is 14.5. The van der Waals surface area contributed by atoms with Crippen molar-refractivity contribution in [2.24, 2.45) is 5.92 Å². The third-order valence-electron chi connectivity index (χ3n) is 3.51. The Bertz CT molecular complexity index is 525. The molecular formula is C16H22BrFN2O2. The van der Waals surface area contributed by atoms with Gasteiger partial charge in [0, 0.05) is 30.7 Å². The van der Waals surface area contributed by atoms with Crippen molar-refractivity contribution in [3.8, 4) is 0 Å². The Kier molecular flexibility index (Phi) is 6.35. The van der Waals surface area contributed by atoms with Crippen LogP contribution in [0.5, 0.6) is 0 Å². The molecule has 0 spiro atoms. The number of hydrogen-bond acceptors (Lipinski definition) is 3. The molecule has 6 heteroatoms. The normalized spacial score (nSPS) is 19.4. The summed E-state index contributed by atoms with van der Waals surface area (Å²) in [6.07, 6.45) is -0.0243. The monoisotopic (exact) mass is 372 g/mol. The molecule has 0 aromatic heterocycles. The maximum atomic E-state index is 13.2. The Balaban J connectivity index is 1.86. The molecule has 1 amide bonds. The zero-order valence-electron chi connectivity index (χ0n) is 12.9. The summed E-state index contributed by atoms with van der Waals surface area (Å²) >= 11 is 3.27. The van der Waals surface area contributed by atoms with Crippen molar-refractivity contribution < 1.29 is 13.9 Å². The molecule has 1 saturated heterocycles. The molecule has 1 aliphatic rings. The molecule has 22 heavy (non-hydrogen) atoms. The molecule has 0 bridgehead atoms. The lowest BCUT2D eigenvalue weighted by Gasteiger charge is -2.34. The zero-order valence-corrected chi connectivity index (χ0v) is 14.5. The van der Waals surface area contributed by atoms with E-state index in [2.05, 4.69) is 40.0 Å². The average Bonchev–Trinajstić information content (AvgIpc) is 2.47. The van der Waals surface area contributed by atoms with E-state index in [0.717, 1.165) is 19.6 Å².